The number of rotatable bonds is 8. The summed E-state index contributed by atoms with van der Waals surface area (Å²) in [5.41, 5.74) is 1.72. The van der Waals surface area contributed by atoms with Gasteiger partial charge in [0.05, 0.1) is 25.0 Å². The summed E-state index contributed by atoms with van der Waals surface area (Å²) in [5.74, 6) is 0.479. The second-order valence-electron chi connectivity index (χ2n) is 6.88. The number of anilines is 2. The number of carbonyl (C=O) groups is 2. The van der Waals surface area contributed by atoms with Crippen molar-refractivity contribution in [3.05, 3.63) is 76.6 Å². The number of carbonyl (C=O) groups excluding carboxylic acids is 2. The van der Waals surface area contributed by atoms with Crippen molar-refractivity contribution in [2.75, 3.05) is 23.9 Å². The monoisotopic (exact) mass is 434 g/mol. The van der Waals surface area contributed by atoms with Crippen LogP contribution in [0, 0.1) is 0 Å². The molecule has 0 bridgehead atoms. The number of nitrogens with zero attached hydrogens (tertiary/aromatic N) is 1. The number of hydrogen-bond donors (Lipinski definition) is 1. The van der Waals surface area contributed by atoms with Crippen LogP contribution in [0.15, 0.2) is 71.7 Å². The van der Waals surface area contributed by atoms with Gasteiger partial charge in [0.1, 0.15) is 17.2 Å². The number of hydrogen-bond acceptors (Lipinski definition) is 6. The first-order chi connectivity index (χ1) is 15.1. The quantitative estimate of drug-likeness (QED) is 0.509. The van der Waals surface area contributed by atoms with Crippen LogP contribution in [0.25, 0.3) is 5.57 Å². The van der Waals surface area contributed by atoms with Gasteiger partial charge in [0.2, 0.25) is 0 Å². The Hall–Kier alpha value is -3.58. The van der Waals surface area contributed by atoms with Gasteiger partial charge in [-0.25, -0.2) is 4.90 Å². The predicted molar refractivity (Wildman–Crippen MR) is 123 cm³/mol. The highest BCUT2D eigenvalue weighted by Crippen LogP contribution is 2.36. The Kier molecular flexibility index (Phi) is 6.04. The number of benzene rings is 2. The molecule has 31 heavy (non-hydrogen) atoms. The van der Waals surface area contributed by atoms with Gasteiger partial charge in [-0.05, 0) is 42.1 Å². The van der Waals surface area contributed by atoms with Crippen LogP contribution >= 0.6 is 11.3 Å². The SMILES string of the molecule is CCCOc1cccc(NC2=C(c3cccs3)C(=O)N(c3cccc(OC)c3)C2=O)c1. The van der Waals surface area contributed by atoms with E-state index in [1.54, 1.807) is 31.4 Å². The van der Waals surface area contributed by atoms with Gasteiger partial charge in [-0.15, -0.1) is 11.3 Å². The molecule has 0 spiro atoms. The van der Waals surface area contributed by atoms with Gasteiger partial charge in [-0.1, -0.05) is 25.1 Å². The average molecular weight is 435 g/mol. The molecule has 0 atom stereocenters. The zero-order valence-electron chi connectivity index (χ0n) is 17.3. The lowest BCUT2D eigenvalue weighted by atomic mass is 10.2. The van der Waals surface area contributed by atoms with E-state index in [2.05, 4.69) is 5.32 Å². The number of amides is 2. The molecule has 1 N–H and O–H groups in total. The highest BCUT2D eigenvalue weighted by atomic mass is 32.1. The smallest absolute Gasteiger partial charge is 0.282 e. The third kappa shape index (κ3) is 4.18. The topological polar surface area (TPSA) is 67.9 Å². The zero-order valence-corrected chi connectivity index (χ0v) is 18.1. The molecule has 6 nitrogen and oxygen atoms in total. The summed E-state index contributed by atoms with van der Waals surface area (Å²) in [6.07, 6.45) is 0.897. The molecule has 0 aliphatic carbocycles. The van der Waals surface area contributed by atoms with Crippen LogP contribution in [-0.2, 0) is 9.59 Å². The highest BCUT2D eigenvalue weighted by molar-refractivity contribution is 7.11. The van der Waals surface area contributed by atoms with Crippen molar-refractivity contribution in [1.82, 2.24) is 0 Å². The maximum Gasteiger partial charge on any atom is 0.282 e. The summed E-state index contributed by atoms with van der Waals surface area (Å²) >= 11 is 1.41. The maximum absolute atomic E-state index is 13.4. The largest absolute Gasteiger partial charge is 0.497 e. The fraction of sp³-hybridized carbons (Fsp3) is 0.167. The standard InChI is InChI=1S/C24H22N2O4S/c1-3-12-30-19-10-4-7-16(14-19)25-22-21(20-11-6-13-31-20)23(27)26(24(22)28)17-8-5-9-18(15-17)29-2/h4-11,13-15,25H,3,12H2,1-2H3. The van der Waals surface area contributed by atoms with Gasteiger partial charge >= 0.3 is 0 Å². The van der Waals surface area contributed by atoms with Crippen LogP contribution in [-0.4, -0.2) is 25.5 Å². The van der Waals surface area contributed by atoms with Crippen LogP contribution in [0.2, 0.25) is 0 Å². The Labute approximate surface area is 184 Å². The molecule has 2 aromatic carbocycles. The van der Waals surface area contributed by atoms with Crippen LogP contribution in [0.3, 0.4) is 0 Å². The molecule has 7 heteroatoms. The molecular formula is C24H22N2O4S. The normalized spacial score (nSPS) is 13.7. The average Bonchev–Trinajstić information content (AvgIpc) is 3.39. The fourth-order valence-corrected chi connectivity index (χ4v) is 4.08. The number of methoxy groups -OCH3 is 1. The predicted octanol–water partition coefficient (Wildman–Crippen LogP) is 4.94. The van der Waals surface area contributed by atoms with E-state index in [9.17, 15) is 9.59 Å². The molecule has 0 fully saturated rings. The van der Waals surface area contributed by atoms with Crippen LogP contribution in [0.4, 0.5) is 11.4 Å². The second kappa shape index (κ2) is 9.06. The first-order valence-corrected chi connectivity index (χ1v) is 10.8. The minimum atomic E-state index is -0.415. The van der Waals surface area contributed by atoms with E-state index in [1.807, 2.05) is 48.7 Å². The third-order valence-electron chi connectivity index (χ3n) is 4.74. The molecule has 0 saturated carbocycles. The van der Waals surface area contributed by atoms with E-state index in [0.29, 0.717) is 35.1 Å². The van der Waals surface area contributed by atoms with Gasteiger partial charge in [-0.2, -0.15) is 0 Å². The molecule has 1 aromatic heterocycles. The first kappa shape index (κ1) is 20.7. The van der Waals surface area contributed by atoms with Crippen molar-refractivity contribution >= 4 is 40.1 Å². The van der Waals surface area contributed by atoms with E-state index >= 15 is 0 Å². The van der Waals surface area contributed by atoms with E-state index in [0.717, 1.165) is 11.3 Å². The number of imide groups is 1. The Morgan fingerprint density at radius 3 is 2.52 bits per heavy atom. The number of ether oxygens (including phenoxy) is 2. The number of thiophene rings is 1. The Morgan fingerprint density at radius 2 is 1.77 bits per heavy atom. The highest BCUT2D eigenvalue weighted by Gasteiger charge is 2.40. The summed E-state index contributed by atoms with van der Waals surface area (Å²) < 4.78 is 11.0. The van der Waals surface area contributed by atoms with Crippen molar-refractivity contribution < 1.29 is 19.1 Å². The Morgan fingerprint density at radius 1 is 0.968 bits per heavy atom. The molecular weight excluding hydrogens is 412 g/mol. The Bertz CT molecular complexity index is 1140. The first-order valence-electron chi connectivity index (χ1n) is 9.93. The lowest BCUT2D eigenvalue weighted by Crippen LogP contribution is -2.32. The van der Waals surface area contributed by atoms with Crippen LogP contribution in [0.5, 0.6) is 11.5 Å². The van der Waals surface area contributed by atoms with Crippen molar-refractivity contribution in [1.29, 1.82) is 0 Å². The van der Waals surface area contributed by atoms with Gasteiger partial charge in [0.15, 0.2) is 0 Å². The molecule has 2 heterocycles. The van der Waals surface area contributed by atoms with E-state index in [4.69, 9.17) is 9.47 Å². The molecule has 0 unspecified atom stereocenters. The molecule has 1 aliphatic heterocycles. The van der Waals surface area contributed by atoms with E-state index in [1.165, 1.54) is 16.2 Å². The van der Waals surface area contributed by atoms with Crippen molar-refractivity contribution in [2.45, 2.75) is 13.3 Å². The van der Waals surface area contributed by atoms with Gasteiger partial charge in [0, 0.05) is 22.7 Å². The van der Waals surface area contributed by atoms with Gasteiger partial charge < -0.3 is 14.8 Å². The maximum atomic E-state index is 13.4. The molecule has 0 saturated heterocycles. The van der Waals surface area contributed by atoms with Crippen LogP contribution in [0.1, 0.15) is 18.2 Å². The zero-order chi connectivity index (χ0) is 21.8. The van der Waals surface area contributed by atoms with E-state index < -0.39 is 5.91 Å². The van der Waals surface area contributed by atoms with Crippen LogP contribution < -0.4 is 19.7 Å². The lowest BCUT2D eigenvalue weighted by Gasteiger charge is -2.16. The second-order valence-corrected chi connectivity index (χ2v) is 7.82. The third-order valence-corrected chi connectivity index (χ3v) is 5.63. The Balaban J connectivity index is 1.72. The molecule has 1 aliphatic rings. The minimum Gasteiger partial charge on any atom is -0.497 e. The molecule has 158 valence electrons. The summed E-state index contributed by atoms with van der Waals surface area (Å²) in [6.45, 7) is 2.64. The molecule has 2 amide bonds. The summed E-state index contributed by atoms with van der Waals surface area (Å²) in [6, 6.07) is 18.0. The molecule has 4 rings (SSSR count). The van der Waals surface area contributed by atoms with Crippen molar-refractivity contribution in [3.8, 4) is 11.5 Å². The number of nitrogens with one attached hydrogen (secondary N) is 1. The fourth-order valence-electron chi connectivity index (χ4n) is 3.31. The lowest BCUT2D eigenvalue weighted by molar-refractivity contribution is -0.120. The summed E-state index contributed by atoms with van der Waals surface area (Å²) in [4.78, 5) is 28.7. The summed E-state index contributed by atoms with van der Waals surface area (Å²) in [5, 5.41) is 5.05. The van der Waals surface area contributed by atoms with Crippen molar-refractivity contribution in [2.24, 2.45) is 0 Å². The van der Waals surface area contributed by atoms with E-state index in [-0.39, 0.29) is 11.6 Å². The summed E-state index contributed by atoms with van der Waals surface area (Å²) in [7, 11) is 1.54. The minimum absolute atomic E-state index is 0.239. The van der Waals surface area contributed by atoms with Crippen molar-refractivity contribution in [3.63, 3.8) is 0 Å². The molecule has 0 radical (unpaired) electrons. The van der Waals surface area contributed by atoms with Gasteiger partial charge in [0.25, 0.3) is 11.8 Å². The molecule has 3 aromatic rings. The van der Waals surface area contributed by atoms with Gasteiger partial charge in [-0.3, -0.25) is 9.59 Å².